The molecular weight excluding hydrogens is 444 g/mol. The molecule has 9 heteroatoms. The number of hydrogen-bond acceptors (Lipinski definition) is 8. The van der Waals surface area contributed by atoms with E-state index in [1.807, 2.05) is 23.9 Å². The van der Waals surface area contributed by atoms with Gasteiger partial charge in [0.15, 0.2) is 12.1 Å². The van der Waals surface area contributed by atoms with E-state index < -0.39 is 0 Å². The highest BCUT2D eigenvalue weighted by molar-refractivity contribution is 5.85. The van der Waals surface area contributed by atoms with Gasteiger partial charge in [0.05, 0.1) is 23.9 Å². The van der Waals surface area contributed by atoms with Crippen LogP contribution in [0.15, 0.2) is 24.4 Å². The molecular formula is C26H34N6O3. The fourth-order valence-electron chi connectivity index (χ4n) is 5.36. The molecule has 5 heterocycles. The lowest BCUT2D eigenvalue weighted by Crippen LogP contribution is -2.54. The third-order valence-corrected chi connectivity index (χ3v) is 7.37. The topological polar surface area (TPSA) is 88.8 Å². The van der Waals surface area contributed by atoms with E-state index in [4.69, 9.17) is 24.5 Å². The molecule has 0 saturated carbocycles. The molecule has 2 aromatic heterocycles. The lowest BCUT2D eigenvalue weighted by Gasteiger charge is -2.41. The first-order valence-corrected chi connectivity index (χ1v) is 12.8. The number of anilines is 2. The second-order valence-electron chi connectivity index (χ2n) is 10.1. The predicted molar refractivity (Wildman–Crippen MR) is 134 cm³/mol. The van der Waals surface area contributed by atoms with Gasteiger partial charge in [0.1, 0.15) is 11.6 Å². The molecule has 0 spiro atoms. The lowest BCUT2D eigenvalue weighted by atomic mass is 10.0. The average molecular weight is 479 g/mol. The van der Waals surface area contributed by atoms with Crippen LogP contribution in [0.3, 0.4) is 0 Å². The van der Waals surface area contributed by atoms with Gasteiger partial charge in [-0.15, -0.1) is 0 Å². The van der Waals surface area contributed by atoms with Crippen molar-refractivity contribution in [2.24, 2.45) is 0 Å². The van der Waals surface area contributed by atoms with Crippen molar-refractivity contribution >= 4 is 22.4 Å². The molecule has 0 amide bonds. The zero-order valence-corrected chi connectivity index (χ0v) is 20.6. The number of rotatable bonds is 5. The highest BCUT2D eigenvalue weighted by atomic mass is 16.7. The van der Waals surface area contributed by atoms with Crippen molar-refractivity contribution in [3.8, 4) is 5.82 Å². The van der Waals surface area contributed by atoms with Crippen molar-refractivity contribution in [1.82, 2.24) is 19.7 Å². The minimum absolute atomic E-state index is 0.0603. The molecule has 3 saturated heterocycles. The van der Waals surface area contributed by atoms with Crippen LogP contribution in [-0.4, -0.2) is 76.1 Å². The molecule has 1 atom stereocenters. The highest BCUT2D eigenvalue weighted by Crippen LogP contribution is 2.31. The van der Waals surface area contributed by atoms with Gasteiger partial charge >= 0.3 is 0 Å². The van der Waals surface area contributed by atoms with E-state index in [9.17, 15) is 5.11 Å². The number of hydrogen-bond donors (Lipinski definition) is 1. The Balaban J connectivity index is 1.23. The molecule has 35 heavy (non-hydrogen) atoms. The number of nitrogens with zero attached hydrogens (tertiary/aromatic N) is 6. The molecule has 0 radical (unpaired) electrons. The summed E-state index contributed by atoms with van der Waals surface area (Å²) in [4.78, 5) is 14.0. The van der Waals surface area contributed by atoms with Gasteiger partial charge in [-0.1, -0.05) is 0 Å². The van der Waals surface area contributed by atoms with Crippen LogP contribution < -0.4 is 9.80 Å². The first-order valence-electron chi connectivity index (χ1n) is 12.8. The van der Waals surface area contributed by atoms with Crippen molar-refractivity contribution in [2.75, 3.05) is 42.6 Å². The third-order valence-electron chi connectivity index (χ3n) is 7.37. The largest absolute Gasteiger partial charge is 0.393 e. The van der Waals surface area contributed by atoms with Crippen molar-refractivity contribution in [3.63, 3.8) is 0 Å². The van der Waals surface area contributed by atoms with E-state index in [1.54, 1.807) is 0 Å². The van der Waals surface area contributed by atoms with E-state index in [1.165, 1.54) is 17.7 Å². The maximum atomic E-state index is 9.92. The standard InChI is InChI=1S/C26H34N6O3/c1-17-11-19-14-27-32(23(19)12-22(17)30-8-6-20(33)7-9-30)25-13-24(28-18(2)29-25)31-15-21(16-31)35-26-5-3-4-10-34-26/h11-14,20-21,26,33H,3-10,15-16H2,1-2H3. The Morgan fingerprint density at radius 3 is 2.54 bits per heavy atom. The Morgan fingerprint density at radius 1 is 0.971 bits per heavy atom. The lowest BCUT2D eigenvalue weighted by molar-refractivity contribution is -0.191. The van der Waals surface area contributed by atoms with Gasteiger partial charge in [-0.2, -0.15) is 5.10 Å². The zero-order chi connectivity index (χ0) is 23.9. The summed E-state index contributed by atoms with van der Waals surface area (Å²) in [7, 11) is 0. The van der Waals surface area contributed by atoms with Crippen LogP contribution in [0.2, 0.25) is 0 Å². The van der Waals surface area contributed by atoms with Crippen LogP contribution in [0, 0.1) is 13.8 Å². The van der Waals surface area contributed by atoms with Crippen LogP contribution in [0.1, 0.15) is 43.5 Å². The molecule has 1 unspecified atom stereocenters. The molecule has 3 fully saturated rings. The van der Waals surface area contributed by atoms with E-state index in [-0.39, 0.29) is 18.5 Å². The molecule has 1 N–H and O–H groups in total. The van der Waals surface area contributed by atoms with Gasteiger partial charge in [0, 0.05) is 49.9 Å². The van der Waals surface area contributed by atoms with E-state index >= 15 is 0 Å². The molecule has 0 aliphatic carbocycles. The summed E-state index contributed by atoms with van der Waals surface area (Å²) >= 11 is 0. The molecule has 9 nitrogen and oxygen atoms in total. The summed E-state index contributed by atoms with van der Waals surface area (Å²) in [5, 5.41) is 15.7. The van der Waals surface area contributed by atoms with Gasteiger partial charge < -0.3 is 24.4 Å². The van der Waals surface area contributed by atoms with Crippen LogP contribution in [0.4, 0.5) is 11.5 Å². The van der Waals surface area contributed by atoms with Crippen LogP contribution >= 0.6 is 0 Å². The number of fused-ring (bicyclic) bond motifs is 1. The molecule has 1 aromatic carbocycles. The Bertz CT molecular complexity index is 1190. The van der Waals surface area contributed by atoms with E-state index in [2.05, 4.69) is 28.9 Å². The molecule has 3 aliphatic rings. The van der Waals surface area contributed by atoms with Gasteiger partial charge in [0.25, 0.3) is 0 Å². The van der Waals surface area contributed by atoms with Gasteiger partial charge in [-0.05, 0) is 63.6 Å². The summed E-state index contributed by atoms with van der Waals surface area (Å²) in [6.45, 7) is 8.21. The number of piperidine rings is 1. The fourth-order valence-corrected chi connectivity index (χ4v) is 5.36. The van der Waals surface area contributed by atoms with Crippen molar-refractivity contribution < 1.29 is 14.6 Å². The Hall–Kier alpha value is -2.75. The number of aromatic nitrogens is 4. The smallest absolute Gasteiger partial charge is 0.159 e. The number of aliphatic hydroxyl groups is 1. The molecule has 3 aliphatic heterocycles. The van der Waals surface area contributed by atoms with E-state index in [0.717, 1.165) is 86.8 Å². The van der Waals surface area contributed by atoms with Crippen LogP contribution in [-0.2, 0) is 9.47 Å². The third kappa shape index (κ3) is 4.60. The Morgan fingerprint density at radius 2 is 1.77 bits per heavy atom. The first-order chi connectivity index (χ1) is 17.0. The van der Waals surface area contributed by atoms with Gasteiger partial charge in [0.2, 0.25) is 0 Å². The summed E-state index contributed by atoms with van der Waals surface area (Å²) in [5.41, 5.74) is 3.45. The second-order valence-corrected chi connectivity index (χ2v) is 10.1. The number of aryl methyl sites for hydroxylation is 2. The SMILES string of the molecule is Cc1nc(N2CC(OC3CCCCO3)C2)cc(-n2ncc3cc(C)c(N4CCC(O)CC4)cc32)n1. The van der Waals surface area contributed by atoms with Gasteiger partial charge in [-0.25, -0.2) is 14.6 Å². The quantitative estimate of drug-likeness (QED) is 0.598. The monoisotopic (exact) mass is 478 g/mol. The second kappa shape index (κ2) is 9.37. The zero-order valence-electron chi connectivity index (χ0n) is 20.6. The maximum Gasteiger partial charge on any atom is 0.159 e. The Kier molecular flexibility index (Phi) is 6.07. The highest BCUT2D eigenvalue weighted by Gasteiger charge is 2.32. The predicted octanol–water partition coefficient (Wildman–Crippen LogP) is 3.13. The Labute approximate surface area is 205 Å². The molecule has 6 rings (SSSR count). The normalized spacial score (nSPS) is 22.1. The van der Waals surface area contributed by atoms with E-state index in [0.29, 0.717) is 0 Å². The molecule has 0 bridgehead atoms. The first kappa shape index (κ1) is 22.7. The van der Waals surface area contributed by atoms with Crippen LogP contribution in [0.25, 0.3) is 16.7 Å². The average Bonchev–Trinajstić information content (AvgIpc) is 3.24. The van der Waals surface area contributed by atoms with Crippen LogP contribution in [0.5, 0.6) is 0 Å². The van der Waals surface area contributed by atoms with Crippen molar-refractivity contribution in [3.05, 3.63) is 35.8 Å². The number of ether oxygens (including phenoxy) is 2. The minimum atomic E-state index is -0.190. The van der Waals surface area contributed by atoms with Crippen molar-refractivity contribution in [2.45, 2.75) is 64.4 Å². The number of aliphatic hydroxyl groups excluding tert-OH is 1. The fraction of sp³-hybridized carbons (Fsp3) is 0.577. The summed E-state index contributed by atoms with van der Waals surface area (Å²) in [6.07, 6.45) is 6.73. The molecule has 3 aromatic rings. The summed E-state index contributed by atoms with van der Waals surface area (Å²) in [6, 6.07) is 6.42. The van der Waals surface area contributed by atoms with Crippen molar-refractivity contribution in [1.29, 1.82) is 0 Å². The maximum absolute atomic E-state index is 9.92. The summed E-state index contributed by atoms with van der Waals surface area (Å²) < 4.78 is 13.8. The van der Waals surface area contributed by atoms with Gasteiger partial charge in [-0.3, -0.25) is 0 Å². The molecule has 186 valence electrons. The summed E-state index contributed by atoms with van der Waals surface area (Å²) in [5.74, 6) is 2.39. The minimum Gasteiger partial charge on any atom is -0.393 e. The number of benzene rings is 1.